The largest absolute Gasteiger partial charge is 0.508 e. The first-order valence-corrected chi connectivity index (χ1v) is 9.22. The van der Waals surface area contributed by atoms with Crippen molar-refractivity contribution in [2.45, 2.75) is 31.7 Å². The van der Waals surface area contributed by atoms with Crippen molar-refractivity contribution in [1.29, 1.82) is 0 Å². The molecule has 7 heteroatoms. The van der Waals surface area contributed by atoms with E-state index in [4.69, 9.17) is 0 Å². The number of aromatic hydroxyl groups is 1. The lowest BCUT2D eigenvalue weighted by Gasteiger charge is -2.30. The normalized spacial score (nSPS) is 17.3. The first kappa shape index (κ1) is 16.8. The number of rotatable bonds is 5. The fourth-order valence-electron chi connectivity index (χ4n) is 2.60. The number of para-hydroxylation sites is 1. The third-order valence-corrected chi connectivity index (χ3v) is 5.20. The Kier molecular flexibility index (Phi) is 5.42. The molecule has 1 amide bonds. The van der Waals surface area contributed by atoms with E-state index in [1.165, 1.54) is 10.6 Å². The second kappa shape index (κ2) is 7.11. The smallest absolute Gasteiger partial charge is 0.220 e. The lowest BCUT2D eigenvalue weighted by molar-refractivity contribution is -0.122. The number of carbonyl (C=O) groups is 1. The Morgan fingerprint density at radius 3 is 2.55 bits per heavy atom. The monoisotopic (exact) mass is 326 g/mol. The van der Waals surface area contributed by atoms with Crippen molar-refractivity contribution in [3.05, 3.63) is 29.8 Å². The van der Waals surface area contributed by atoms with E-state index in [9.17, 15) is 18.3 Å². The third kappa shape index (κ3) is 4.71. The Labute approximate surface area is 131 Å². The molecule has 0 spiro atoms. The number of amides is 1. The topological polar surface area (TPSA) is 86.7 Å². The van der Waals surface area contributed by atoms with Crippen LogP contribution in [-0.4, -0.2) is 49.1 Å². The van der Waals surface area contributed by atoms with Crippen LogP contribution in [-0.2, 0) is 21.2 Å². The maximum atomic E-state index is 11.9. The van der Waals surface area contributed by atoms with Crippen LogP contribution < -0.4 is 5.32 Å². The summed E-state index contributed by atoms with van der Waals surface area (Å²) in [7, 11) is -3.14. The Balaban J connectivity index is 1.76. The summed E-state index contributed by atoms with van der Waals surface area (Å²) in [5, 5.41) is 12.6. The zero-order chi connectivity index (χ0) is 16.2. The van der Waals surface area contributed by atoms with E-state index in [-0.39, 0.29) is 17.7 Å². The van der Waals surface area contributed by atoms with Gasteiger partial charge in [-0.25, -0.2) is 12.7 Å². The summed E-state index contributed by atoms with van der Waals surface area (Å²) < 4.78 is 24.3. The number of piperidine rings is 1. The Bertz CT molecular complexity index is 622. The molecule has 0 aromatic heterocycles. The van der Waals surface area contributed by atoms with Crippen molar-refractivity contribution >= 4 is 15.9 Å². The van der Waals surface area contributed by atoms with Crippen molar-refractivity contribution in [2.75, 3.05) is 19.3 Å². The zero-order valence-electron chi connectivity index (χ0n) is 12.7. The minimum absolute atomic E-state index is 0.0230. The number of aryl methyl sites for hydroxylation is 1. The Morgan fingerprint density at radius 2 is 1.95 bits per heavy atom. The van der Waals surface area contributed by atoms with Crippen molar-refractivity contribution < 1.29 is 18.3 Å². The summed E-state index contributed by atoms with van der Waals surface area (Å²) in [6, 6.07) is 7.00. The van der Waals surface area contributed by atoms with Gasteiger partial charge < -0.3 is 10.4 Å². The molecular formula is C15H22N2O4S. The molecule has 0 saturated carbocycles. The predicted octanol–water partition coefficient (Wildman–Crippen LogP) is 0.865. The molecule has 0 unspecified atom stereocenters. The molecule has 1 aromatic carbocycles. The first-order valence-electron chi connectivity index (χ1n) is 7.37. The fraction of sp³-hybridized carbons (Fsp3) is 0.533. The van der Waals surface area contributed by atoms with Gasteiger partial charge in [0.15, 0.2) is 0 Å². The van der Waals surface area contributed by atoms with Gasteiger partial charge in [-0.15, -0.1) is 0 Å². The highest BCUT2D eigenvalue weighted by atomic mass is 32.2. The van der Waals surface area contributed by atoms with Crippen molar-refractivity contribution in [3.63, 3.8) is 0 Å². The first-order chi connectivity index (χ1) is 10.4. The van der Waals surface area contributed by atoms with Gasteiger partial charge in [0.25, 0.3) is 0 Å². The molecule has 1 heterocycles. The minimum Gasteiger partial charge on any atom is -0.508 e. The third-order valence-electron chi connectivity index (χ3n) is 3.90. The van der Waals surface area contributed by atoms with E-state index >= 15 is 0 Å². The number of phenols is 1. The molecular weight excluding hydrogens is 304 g/mol. The van der Waals surface area contributed by atoms with Gasteiger partial charge in [0.1, 0.15) is 5.75 Å². The molecule has 2 N–H and O–H groups in total. The average Bonchev–Trinajstić information content (AvgIpc) is 2.46. The summed E-state index contributed by atoms with van der Waals surface area (Å²) in [6.07, 6.45) is 3.27. The van der Waals surface area contributed by atoms with E-state index in [0.29, 0.717) is 38.8 Å². The summed E-state index contributed by atoms with van der Waals surface area (Å²) in [6.45, 7) is 0.895. The molecule has 6 nitrogen and oxygen atoms in total. The summed E-state index contributed by atoms with van der Waals surface area (Å²) in [5.41, 5.74) is 0.754. The van der Waals surface area contributed by atoms with Crippen molar-refractivity contribution in [3.8, 4) is 5.75 Å². The molecule has 1 aromatic rings. The molecule has 0 aliphatic carbocycles. The van der Waals surface area contributed by atoms with E-state index in [1.807, 2.05) is 6.07 Å². The molecule has 0 radical (unpaired) electrons. The second-order valence-electron chi connectivity index (χ2n) is 5.63. The van der Waals surface area contributed by atoms with Crippen LogP contribution in [0.25, 0.3) is 0 Å². The van der Waals surface area contributed by atoms with E-state index < -0.39 is 10.0 Å². The SMILES string of the molecule is CS(=O)(=O)N1CCC(NC(=O)CCc2ccccc2O)CC1. The summed E-state index contributed by atoms with van der Waals surface area (Å²) >= 11 is 0. The van der Waals surface area contributed by atoms with Gasteiger partial charge in [0.05, 0.1) is 6.26 Å². The fourth-order valence-corrected chi connectivity index (χ4v) is 3.48. The van der Waals surface area contributed by atoms with E-state index in [2.05, 4.69) is 5.32 Å². The van der Waals surface area contributed by atoms with Crippen LogP contribution in [0.15, 0.2) is 24.3 Å². The summed E-state index contributed by atoms with van der Waals surface area (Å²) in [5.74, 6) is 0.137. The molecule has 1 saturated heterocycles. The molecule has 122 valence electrons. The number of sulfonamides is 1. The van der Waals surface area contributed by atoms with Gasteiger partial charge in [-0.2, -0.15) is 0 Å². The van der Waals surface area contributed by atoms with Crippen LogP contribution in [0, 0.1) is 0 Å². The highest BCUT2D eigenvalue weighted by molar-refractivity contribution is 7.88. The molecule has 0 bridgehead atoms. The van der Waals surface area contributed by atoms with Crippen molar-refractivity contribution in [2.24, 2.45) is 0 Å². The summed E-state index contributed by atoms with van der Waals surface area (Å²) in [4.78, 5) is 11.9. The average molecular weight is 326 g/mol. The lowest BCUT2D eigenvalue weighted by atomic mass is 10.1. The van der Waals surface area contributed by atoms with Crippen LogP contribution in [0.4, 0.5) is 0 Å². The predicted molar refractivity (Wildman–Crippen MR) is 84.0 cm³/mol. The molecule has 1 fully saturated rings. The van der Waals surface area contributed by atoms with Gasteiger partial charge in [0, 0.05) is 25.6 Å². The number of nitrogens with one attached hydrogen (secondary N) is 1. The highest BCUT2D eigenvalue weighted by Gasteiger charge is 2.25. The van der Waals surface area contributed by atoms with Crippen LogP contribution in [0.1, 0.15) is 24.8 Å². The molecule has 22 heavy (non-hydrogen) atoms. The molecule has 2 rings (SSSR count). The minimum atomic E-state index is -3.14. The van der Waals surface area contributed by atoms with Gasteiger partial charge in [-0.3, -0.25) is 4.79 Å². The van der Waals surface area contributed by atoms with E-state index in [1.54, 1.807) is 18.2 Å². The van der Waals surface area contributed by atoms with Gasteiger partial charge in [-0.1, -0.05) is 18.2 Å². The van der Waals surface area contributed by atoms with Gasteiger partial charge in [0.2, 0.25) is 15.9 Å². The maximum Gasteiger partial charge on any atom is 0.220 e. The number of phenolic OH excluding ortho intramolecular Hbond substituents is 1. The second-order valence-corrected chi connectivity index (χ2v) is 7.61. The zero-order valence-corrected chi connectivity index (χ0v) is 13.5. The van der Waals surface area contributed by atoms with Crippen LogP contribution in [0.3, 0.4) is 0 Å². The van der Waals surface area contributed by atoms with Crippen molar-refractivity contribution in [1.82, 2.24) is 9.62 Å². The number of hydrogen-bond acceptors (Lipinski definition) is 4. The van der Waals surface area contributed by atoms with Gasteiger partial charge in [-0.05, 0) is 30.9 Å². The van der Waals surface area contributed by atoms with Crippen LogP contribution >= 0.6 is 0 Å². The number of hydrogen-bond donors (Lipinski definition) is 2. The highest BCUT2D eigenvalue weighted by Crippen LogP contribution is 2.17. The Morgan fingerprint density at radius 1 is 1.32 bits per heavy atom. The number of benzene rings is 1. The lowest BCUT2D eigenvalue weighted by Crippen LogP contribution is -2.46. The molecule has 0 atom stereocenters. The maximum absolute atomic E-state index is 11.9. The molecule has 1 aliphatic rings. The molecule has 1 aliphatic heterocycles. The number of nitrogens with zero attached hydrogens (tertiary/aromatic N) is 1. The van der Waals surface area contributed by atoms with Crippen LogP contribution in [0.2, 0.25) is 0 Å². The quantitative estimate of drug-likeness (QED) is 0.840. The standard InChI is InChI=1S/C15H22N2O4S/c1-22(20,21)17-10-8-13(9-11-17)16-15(19)7-6-12-4-2-3-5-14(12)18/h2-5,13,18H,6-11H2,1H3,(H,16,19). The van der Waals surface area contributed by atoms with Crippen LogP contribution in [0.5, 0.6) is 5.75 Å². The van der Waals surface area contributed by atoms with E-state index in [0.717, 1.165) is 5.56 Å². The van der Waals surface area contributed by atoms with Gasteiger partial charge >= 0.3 is 0 Å². The Hall–Kier alpha value is -1.60. The number of carbonyl (C=O) groups excluding carboxylic acids is 1.